The molecular formula is C21H23N5O4S. The predicted octanol–water partition coefficient (Wildman–Crippen LogP) is 2.64. The molecule has 1 aromatic heterocycles. The fraction of sp³-hybridized carbons (Fsp3) is 0.238. The molecule has 2 aromatic carbocycles. The number of nitrogens with zero attached hydrogens (tertiary/aromatic N) is 2. The van der Waals surface area contributed by atoms with Crippen LogP contribution >= 0.6 is 0 Å². The van der Waals surface area contributed by atoms with Gasteiger partial charge in [-0.3, -0.25) is 0 Å². The van der Waals surface area contributed by atoms with Gasteiger partial charge in [0.15, 0.2) is 0 Å². The minimum Gasteiger partial charge on any atom is -0.495 e. The Morgan fingerprint density at radius 2 is 1.97 bits per heavy atom. The summed E-state index contributed by atoms with van der Waals surface area (Å²) in [6.45, 7) is 0.252. The second kappa shape index (κ2) is 8.78. The number of ether oxygens (including phenoxy) is 1. The quantitative estimate of drug-likeness (QED) is 0.497. The summed E-state index contributed by atoms with van der Waals surface area (Å²) < 4.78 is 34.5. The maximum atomic E-state index is 12.5. The molecule has 10 heteroatoms. The van der Waals surface area contributed by atoms with E-state index in [1.54, 1.807) is 10.9 Å². The molecule has 0 aliphatic heterocycles. The lowest BCUT2D eigenvalue weighted by Gasteiger charge is -2.13. The van der Waals surface area contributed by atoms with Crippen molar-refractivity contribution in [2.45, 2.75) is 30.3 Å². The van der Waals surface area contributed by atoms with E-state index in [1.807, 2.05) is 36.5 Å². The Hall–Kier alpha value is -3.37. The van der Waals surface area contributed by atoms with Crippen molar-refractivity contribution in [1.29, 1.82) is 0 Å². The Bertz CT molecular complexity index is 1170. The Balaban J connectivity index is 1.41. The Morgan fingerprint density at radius 1 is 1.19 bits per heavy atom. The summed E-state index contributed by atoms with van der Waals surface area (Å²) in [5.74, 6) is 0.359. The average Bonchev–Trinajstić information content (AvgIpc) is 3.44. The van der Waals surface area contributed by atoms with E-state index >= 15 is 0 Å². The minimum atomic E-state index is -3.65. The summed E-state index contributed by atoms with van der Waals surface area (Å²) in [5, 5.41) is 9.69. The van der Waals surface area contributed by atoms with Crippen molar-refractivity contribution in [3.05, 3.63) is 66.5 Å². The number of nitrogens with one attached hydrogen (secondary N) is 3. The van der Waals surface area contributed by atoms with E-state index in [9.17, 15) is 13.2 Å². The number of aromatic nitrogens is 2. The fourth-order valence-corrected chi connectivity index (χ4v) is 4.29. The monoisotopic (exact) mass is 441 g/mol. The van der Waals surface area contributed by atoms with Crippen molar-refractivity contribution in [2.75, 3.05) is 12.4 Å². The standard InChI is InChI=1S/C21H23N5O4S/c1-30-20-10-9-18(31(28,29)25-16-7-8-16)11-19(20)24-21(27)22-12-15-13-23-26(14-15)17-5-3-2-4-6-17/h2-6,9-11,13-14,16,25H,7-8,12H2,1H3,(H2,22,24,27). The van der Waals surface area contributed by atoms with Crippen LogP contribution in [0.3, 0.4) is 0 Å². The summed E-state index contributed by atoms with van der Waals surface area (Å²) in [6, 6.07) is 13.5. The van der Waals surface area contributed by atoms with Crippen LogP contribution in [0, 0.1) is 0 Å². The van der Waals surface area contributed by atoms with Gasteiger partial charge in [0.05, 0.1) is 29.6 Å². The van der Waals surface area contributed by atoms with Crippen LogP contribution in [0.15, 0.2) is 65.8 Å². The van der Waals surface area contributed by atoms with Gasteiger partial charge in [-0.25, -0.2) is 22.6 Å². The molecule has 3 aromatic rings. The van der Waals surface area contributed by atoms with Crippen LogP contribution in [0.2, 0.25) is 0 Å². The zero-order chi connectivity index (χ0) is 21.8. The number of rotatable bonds is 8. The van der Waals surface area contributed by atoms with E-state index in [0.29, 0.717) is 5.75 Å². The minimum absolute atomic E-state index is 0.0105. The van der Waals surface area contributed by atoms with Crippen molar-refractivity contribution in [2.24, 2.45) is 0 Å². The van der Waals surface area contributed by atoms with Crippen LogP contribution < -0.4 is 20.1 Å². The van der Waals surface area contributed by atoms with Gasteiger partial charge in [-0.1, -0.05) is 18.2 Å². The summed E-state index contributed by atoms with van der Waals surface area (Å²) in [6.07, 6.45) is 5.17. The zero-order valence-electron chi connectivity index (χ0n) is 16.9. The largest absolute Gasteiger partial charge is 0.495 e. The lowest BCUT2D eigenvalue weighted by molar-refractivity contribution is 0.251. The maximum absolute atomic E-state index is 12.5. The van der Waals surface area contributed by atoms with Gasteiger partial charge < -0.3 is 15.4 Å². The number of benzene rings is 2. The second-order valence-electron chi connectivity index (χ2n) is 7.19. The molecule has 0 atom stereocenters. The summed E-state index contributed by atoms with van der Waals surface area (Å²) in [5.41, 5.74) is 2.00. The van der Waals surface area contributed by atoms with Gasteiger partial charge in [-0.05, 0) is 43.2 Å². The van der Waals surface area contributed by atoms with E-state index in [-0.39, 0.29) is 23.2 Å². The third-order valence-electron chi connectivity index (χ3n) is 4.74. The lowest BCUT2D eigenvalue weighted by atomic mass is 10.3. The van der Waals surface area contributed by atoms with Gasteiger partial charge in [-0.2, -0.15) is 5.10 Å². The van der Waals surface area contributed by atoms with Crippen LogP contribution in [0.5, 0.6) is 5.75 Å². The molecule has 1 saturated carbocycles. The van der Waals surface area contributed by atoms with Gasteiger partial charge in [0.2, 0.25) is 10.0 Å². The molecule has 0 spiro atoms. The molecule has 2 amide bonds. The lowest BCUT2D eigenvalue weighted by Crippen LogP contribution is -2.29. The molecule has 0 radical (unpaired) electrons. The summed E-state index contributed by atoms with van der Waals surface area (Å²) >= 11 is 0. The van der Waals surface area contributed by atoms with Crippen LogP contribution in [-0.2, 0) is 16.6 Å². The number of urea groups is 1. The Labute approximate surface area is 180 Å². The molecule has 3 N–H and O–H groups in total. The van der Waals surface area contributed by atoms with E-state index < -0.39 is 16.1 Å². The number of hydrogen-bond acceptors (Lipinski definition) is 5. The smallest absolute Gasteiger partial charge is 0.319 e. The number of carbonyl (C=O) groups is 1. The molecular weight excluding hydrogens is 418 g/mol. The van der Waals surface area contributed by atoms with Crippen molar-refractivity contribution in [3.63, 3.8) is 0 Å². The molecule has 162 valence electrons. The number of hydrogen-bond donors (Lipinski definition) is 3. The number of carbonyl (C=O) groups excluding carboxylic acids is 1. The number of methoxy groups -OCH3 is 1. The SMILES string of the molecule is COc1ccc(S(=O)(=O)NC2CC2)cc1NC(=O)NCc1cnn(-c2ccccc2)c1. The predicted molar refractivity (Wildman–Crippen MR) is 116 cm³/mol. The van der Waals surface area contributed by atoms with Gasteiger partial charge in [0, 0.05) is 24.3 Å². The molecule has 0 saturated heterocycles. The highest BCUT2D eigenvalue weighted by molar-refractivity contribution is 7.89. The first-order valence-corrected chi connectivity index (χ1v) is 11.3. The highest BCUT2D eigenvalue weighted by atomic mass is 32.2. The third kappa shape index (κ3) is 5.22. The normalized spacial score (nSPS) is 13.6. The van der Waals surface area contributed by atoms with Crippen molar-refractivity contribution >= 4 is 21.7 Å². The molecule has 1 aliphatic rings. The first-order valence-electron chi connectivity index (χ1n) is 9.79. The topological polar surface area (TPSA) is 114 Å². The van der Waals surface area contributed by atoms with Gasteiger partial charge in [0.1, 0.15) is 5.75 Å². The van der Waals surface area contributed by atoms with E-state index in [1.165, 1.54) is 25.3 Å². The van der Waals surface area contributed by atoms with Crippen LogP contribution in [-0.4, -0.2) is 37.4 Å². The number of para-hydroxylation sites is 1. The van der Waals surface area contributed by atoms with Crippen LogP contribution in [0.25, 0.3) is 5.69 Å². The zero-order valence-corrected chi connectivity index (χ0v) is 17.7. The van der Waals surface area contributed by atoms with E-state index in [0.717, 1.165) is 24.1 Å². The highest BCUT2D eigenvalue weighted by Gasteiger charge is 2.28. The van der Waals surface area contributed by atoms with Crippen molar-refractivity contribution in [1.82, 2.24) is 19.8 Å². The molecule has 4 rings (SSSR count). The van der Waals surface area contributed by atoms with E-state index in [4.69, 9.17) is 4.74 Å². The Kier molecular flexibility index (Phi) is 5.92. The third-order valence-corrected chi connectivity index (χ3v) is 6.26. The number of anilines is 1. The molecule has 1 aliphatic carbocycles. The first kappa shape index (κ1) is 20.9. The molecule has 0 bridgehead atoms. The van der Waals surface area contributed by atoms with Gasteiger partial charge in [-0.15, -0.1) is 0 Å². The average molecular weight is 442 g/mol. The van der Waals surface area contributed by atoms with Crippen molar-refractivity contribution < 1.29 is 17.9 Å². The van der Waals surface area contributed by atoms with Crippen LogP contribution in [0.4, 0.5) is 10.5 Å². The van der Waals surface area contributed by atoms with Crippen LogP contribution in [0.1, 0.15) is 18.4 Å². The summed E-state index contributed by atoms with van der Waals surface area (Å²) in [4.78, 5) is 12.5. The second-order valence-corrected chi connectivity index (χ2v) is 8.91. The van der Waals surface area contributed by atoms with Gasteiger partial charge in [0.25, 0.3) is 0 Å². The summed E-state index contributed by atoms with van der Waals surface area (Å²) in [7, 11) is -2.20. The fourth-order valence-electron chi connectivity index (χ4n) is 2.96. The number of sulfonamides is 1. The number of amides is 2. The first-order chi connectivity index (χ1) is 14.9. The molecule has 1 fully saturated rings. The maximum Gasteiger partial charge on any atom is 0.319 e. The molecule has 1 heterocycles. The van der Waals surface area contributed by atoms with Gasteiger partial charge >= 0.3 is 6.03 Å². The molecule has 31 heavy (non-hydrogen) atoms. The van der Waals surface area contributed by atoms with Crippen molar-refractivity contribution in [3.8, 4) is 11.4 Å². The Morgan fingerprint density at radius 3 is 2.68 bits per heavy atom. The van der Waals surface area contributed by atoms with E-state index in [2.05, 4.69) is 20.5 Å². The molecule has 9 nitrogen and oxygen atoms in total. The highest BCUT2D eigenvalue weighted by Crippen LogP contribution is 2.29. The molecule has 0 unspecified atom stereocenters.